The monoisotopic (exact) mass is 298 g/mol. The van der Waals surface area contributed by atoms with E-state index in [1.807, 2.05) is 25.1 Å². The van der Waals surface area contributed by atoms with Crippen molar-refractivity contribution in [3.8, 4) is 5.75 Å². The Balaban J connectivity index is 1.71. The Morgan fingerprint density at radius 1 is 1.23 bits per heavy atom. The molecule has 1 aromatic heterocycles. The Morgan fingerprint density at radius 2 is 2.00 bits per heavy atom. The third kappa shape index (κ3) is 2.28. The molecule has 1 aliphatic heterocycles. The normalized spacial score (nSPS) is 24.2. The second-order valence-electron chi connectivity index (χ2n) is 6.51. The number of rotatable bonds is 4. The number of piperidine rings is 1. The van der Waals surface area contributed by atoms with Gasteiger partial charge in [-0.2, -0.15) is 0 Å². The average molecular weight is 298 g/mol. The smallest absolute Gasteiger partial charge is 0.125 e. The van der Waals surface area contributed by atoms with Gasteiger partial charge in [-0.05, 0) is 43.4 Å². The molecule has 4 rings (SSSR count). The summed E-state index contributed by atoms with van der Waals surface area (Å²) in [4.78, 5) is 2.45. The Kier molecular flexibility index (Phi) is 3.15. The molecule has 2 heterocycles. The molecule has 0 bridgehead atoms. The number of hydrogen-bond acceptors (Lipinski definition) is 4. The molecule has 1 saturated carbocycles. The van der Waals surface area contributed by atoms with Crippen LogP contribution in [0.2, 0.25) is 0 Å². The summed E-state index contributed by atoms with van der Waals surface area (Å²) in [5.74, 6) is 4.33. The van der Waals surface area contributed by atoms with Crippen molar-refractivity contribution in [1.82, 2.24) is 0 Å². The van der Waals surface area contributed by atoms with Gasteiger partial charge in [0.2, 0.25) is 0 Å². The van der Waals surface area contributed by atoms with Crippen LogP contribution in [0.25, 0.3) is 0 Å². The second-order valence-corrected chi connectivity index (χ2v) is 6.51. The molecule has 1 aromatic carbocycles. The third-order valence-electron chi connectivity index (χ3n) is 4.96. The Bertz CT molecular complexity index is 684. The Labute approximate surface area is 130 Å². The van der Waals surface area contributed by atoms with Crippen LogP contribution in [0.1, 0.15) is 29.5 Å². The van der Waals surface area contributed by atoms with Gasteiger partial charge in [-0.15, -0.1) is 0 Å². The highest BCUT2D eigenvalue weighted by molar-refractivity contribution is 5.61. The number of fused-ring (bicyclic) bond motifs is 1. The van der Waals surface area contributed by atoms with E-state index in [-0.39, 0.29) is 6.04 Å². The molecule has 4 nitrogen and oxygen atoms in total. The van der Waals surface area contributed by atoms with Gasteiger partial charge in [-0.3, -0.25) is 0 Å². The summed E-state index contributed by atoms with van der Waals surface area (Å²) in [6.07, 6.45) is 1.39. The summed E-state index contributed by atoms with van der Waals surface area (Å²) in [5.41, 5.74) is 8.77. The van der Waals surface area contributed by atoms with Crippen LogP contribution >= 0.6 is 0 Å². The van der Waals surface area contributed by atoms with E-state index < -0.39 is 0 Å². The summed E-state index contributed by atoms with van der Waals surface area (Å²) >= 11 is 0. The minimum atomic E-state index is -0.244. The highest BCUT2D eigenvalue weighted by Crippen LogP contribution is 2.48. The number of hydrogen-bond donors (Lipinski definition) is 1. The SMILES string of the molecule is COc1ccc(C(N)c2ccc(C)o2)c(N2CC3CC3C2)c1. The van der Waals surface area contributed by atoms with Gasteiger partial charge in [0.1, 0.15) is 17.3 Å². The van der Waals surface area contributed by atoms with E-state index in [1.54, 1.807) is 7.11 Å². The van der Waals surface area contributed by atoms with E-state index in [1.165, 1.54) is 12.1 Å². The average Bonchev–Trinajstić information content (AvgIpc) is 2.95. The topological polar surface area (TPSA) is 51.6 Å². The van der Waals surface area contributed by atoms with E-state index >= 15 is 0 Å². The van der Waals surface area contributed by atoms with Gasteiger partial charge in [-0.1, -0.05) is 6.07 Å². The molecule has 3 atom stereocenters. The maximum atomic E-state index is 6.47. The number of aryl methyl sites for hydroxylation is 1. The predicted molar refractivity (Wildman–Crippen MR) is 86.3 cm³/mol. The summed E-state index contributed by atoms with van der Waals surface area (Å²) in [7, 11) is 1.70. The minimum absolute atomic E-state index is 0.244. The van der Waals surface area contributed by atoms with Crippen LogP contribution in [0, 0.1) is 18.8 Å². The van der Waals surface area contributed by atoms with E-state index in [2.05, 4.69) is 17.0 Å². The van der Waals surface area contributed by atoms with Gasteiger partial charge in [0, 0.05) is 30.4 Å². The lowest BCUT2D eigenvalue weighted by atomic mass is 10.0. The van der Waals surface area contributed by atoms with Gasteiger partial charge in [-0.25, -0.2) is 0 Å². The van der Waals surface area contributed by atoms with Crippen LogP contribution in [0.15, 0.2) is 34.7 Å². The third-order valence-corrected chi connectivity index (χ3v) is 4.96. The Morgan fingerprint density at radius 3 is 2.64 bits per heavy atom. The molecule has 3 unspecified atom stereocenters. The van der Waals surface area contributed by atoms with Gasteiger partial charge < -0.3 is 19.8 Å². The molecule has 0 radical (unpaired) electrons. The maximum absolute atomic E-state index is 6.47. The standard InChI is InChI=1S/C18H22N2O2/c1-11-3-6-17(22-11)18(19)15-5-4-14(21-2)8-16(15)20-9-12-7-13(12)10-20/h3-6,8,12-13,18H,7,9-10,19H2,1-2H3. The van der Waals surface area contributed by atoms with Crippen LogP contribution < -0.4 is 15.4 Å². The van der Waals surface area contributed by atoms with Crippen molar-refractivity contribution in [2.45, 2.75) is 19.4 Å². The van der Waals surface area contributed by atoms with Crippen LogP contribution in [0.3, 0.4) is 0 Å². The zero-order chi connectivity index (χ0) is 15.3. The molecular weight excluding hydrogens is 276 g/mol. The van der Waals surface area contributed by atoms with Gasteiger partial charge in [0.05, 0.1) is 13.2 Å². The number of benzene rings is 1. The van der Waals surface area contributed by atoms with Gasteiger partial charge >= 0.3 is 0 Å². The van der Waals surface area contributed by atoms with Crippen molar-refractivity contribution in [1.29, 1.82) is 0 Å². The Hall–Kier alpha value is -1.94. The maximum Gasteiger partial charge on any atom is 0.125 e. The van der Waals surface area contributed by atoms with Crippen LogP contribution in [-0.2, 0) is 0 Å². The molecular formula is C18H22N2O2. The number of furan rings is 1. The summed E-state index contributed by atoms with van der Waals surface area (Å²) in [5, 5.41) is 0. The first-order chi connectivity index (χ1) is 10.7. The number of nitrogens with two attached hydrogens (primary N) is 1. The first-order valence-corrected chi connectivity index (χ1v) is 7.90. The van der Waals surface area contributed by atoms with Gasteiger partial charge in [0.15, 0.2) is 0 Å². The van der Waals surface area contributed by atoms with Crippen molar-refractivity contribution in [3.05, 3.63) is 47.4 Å². The zero-order valence-electron chi connectivity index (χ0n) is 13.1. The van der Waals surface area contributed by atoms with E-state index in [0.29, 0.717) is 0 Å². The van der Waals surface area contributed by atoms with Crippen molar-refractivity contribution in [2.24, 2.45) is 17.6 Å². The predicted octanol–water partition coefficient (Wildman–Crippen LogP) is 3.10. The van der Waals surface area contributed by atoms with Crippen LogP contribution in [0.4, 0.5) is 5.69 Å². The molecule has 2 aliphatic rings. The van der Waals surface area contributed by atoms with Crippen LogP contribution in [-0.4, -0.2) is 20.2 Å². The van der Waals surface area contributed by atoms with E-state index in [4.69, 9.17) is 14.9 Å². The molecule has 0 spiro atoms. The molecule has 0 amide bonds. The number of nitrogens with zero attached hydrogens (tertiary/aromatic N) is 1. The van der Waals surface area contributed by atoms with Crippen molar-refractivity contribution in [3.63, 3.8) is 0 Å². The molecule has 22 heavy (non-hydrogen) atoms. The minimum Gasteiger partial charge on any atom is -0.497 e. The summed E-state index contributed by atoms with van der Waals surface area (Å²) in [6, 6.07) is 9.84. The van der Waals surface area contributed by atoms with Crippen molar-refractivity contribution < 1.29 is 9.15 Å². The number of anilines is 1. The lowest BCUT2D eigenvalue weighted by molar-refractivity contribution is 0.414. The first-order valence-electron chi connectivity index (χ1n) is 7.90. The highest BCUT2D eigenvalue weighted by Gasteiger charge is 2.45. The molecule has 116 valence electrons. The lowest BCUT2D eigenvalue weighted by Gasteiger charge is -2.26. The highest BCUT2D eigenvalue weighted by atomic mass is 16.5. The molecule has 1 aliphatic carbocycles. The fourth-order valence-corrected chi connectivity index (χ4v) is 3.56. The van der Waals surface area contributed by atoms with Crippen molar-refractivity contribution >= 4 is 5.69 Å². The fourth-order valence-electron chi connectivity index (χ4n) is 3.56. The molecule has 2 N–H and O–H groups in total. The lowest BCUT2D eigenvalue weighted by Crippen LogP contribution is -2.25. The zero-order valence-corrected chi connectivity index (χ0v) is 13.1. The summed E-state index contributed by atoms with van der Waals surface area (Å²) in [6.45, 7) is 4.21. The summed E-state index contributed by atoms with van der Waals surface area (Å²) < 4.78 is 11.1. The number of ether oxygens (including phenoxy) is 1. The largest absolute Gasteiger partial charge is 0.497 e. The quantitative estimate of drug-likeness (QED) is 0.942. The van der Waals surface area contributed by atoms with Crippen molar-refractivity contribution in [2.75, 3.05) is 25.1 Å². The molecule has 4 heteroatoms. The van der Waals surface area contributed by atoms with Crippen LogP contribution in [0.5, 0.6) is 5.75 Å². The van der Waals surface area contributed by atoms with Gasteiger partial charge in [0.25, 0.3) is 0 Å². The van der Waals surface area contributed by atoms with E-state index in [0.717, 1.165) is 47.8 Å². The molecule has 2 aromatic rings. The first kappa shape index (κ1) is 13.7. The fraction of sp³-hybridized carbons (Fsp3) is 0.444. The molecule has 1 saturated heterocycles. The second kappa shape index (κ2) is 5.06. The van der Waals surface area contributed by atoms with E-state index in [9.17, 15) is 0 Å². The number of methoxy groups -OCH3 is 1. The molecule has 2 fully saturated rings.